The molecule has 2 atom stereocenters. The Morgan fingerprint density at radius 1 is 1.10 bits per heavy atom. The summed E-state index contributed by atoms with van der Waals surface area (Å²) in [5, 5.41) is 7.29. The highest BCUT2D eigenvalue weighted by molar-refractivity contribution is 5.72. The molecule has 0 spiro atoms. The van der Waals surface area contributed by atoms with Gasteiger partial charge < -0.3 is 15.4 Å². The number of benzene rings is 1. The van der Waals surface area contributed by atoms with Crippen LogP contribution < -0.4 is 10.6 Å². The lowest BCUT2D eigenvalue weighted by Crippen LogP contribution is -2.43. The Kier molecular flexibility index (Phi) is 7.53. The van der Waals surface area contributed by atoms with Crippen molar-refractivity contribution in [1.82, 2.24) is 10.6 Å². The summed E-state index contributed by atoms with van der Waals surface area (Å²) in [6.45, 7) is 8.31. The molecule has 2 aliphatic carbocycles. The summed E-state index contributed by atoms with van der Waals surface area (Å²) in [7, 11) is 0. The molecule has 0 heterocycles. The molecule has 0 amide bonds. The molecule has 4 nitrogen and oxygen atoms in total. The molecule has 2 saturated carbocycles. The van der Waals surface area contributed by atoms with Crippen molar-refractivity contribution in [1.29, 1.82) is 0 Å². The van der Waals surface area contributed by atoms with Gasteiger partial charge in [-0.15, -0.1) is 0 Å². The minimum atomic E-state index is -0.409. The summed E-state index contributed by atoms with van der Waals surface area (Å²) in [5.74, 6) is 0.541. The van der Waals surface area contributed by atoms with Gasteiger partial charge in [0.15, 0.2) is 0 Å². The minimum Gasteiger partial charge on any atom is -0.459 e. The molecule has 0 saturated heterocycles. The molecular formula is C25H38N2O2. The van der Waals surface area contributed by atoms with Gasteiger partial charge in [0.1, 0.15) is 5.60 Å². The second kappa shape index (κ2) is 9.90. The Labute approximate surface area is 176 Å². The maximum Gasteiger partial charge on any atom is 0.320 e. The zero-order valence-electron chi connectivity index (χ0n) is 18.5. The van der Waals surface area contributed by atoms with Crippen LogP contribution in [0.25, 0.3) is 6.08 Å². The minimum absolute atomic E-state index is 0.157. The van der Waals surface area contributed by atoms with E-state index in [-0.39, 0.29) is 5.97 Å². The van der Waals surface area contributed by atoms with Gasteiger partial charge in [-0.25, -0.2) is 0 Å². The lowest BCUT2D eigenvalue weighted by molar-refractivity contribution is -0.153. The Morgan fingerprint density at radius 2 is 1.76 bits per heavy atom. The first-order chi connectivity index (χ1) is 13.8. The topological polar surface area (TPSA) is 50.4 Å². The predicted octanol–water partition coefficient (Wildman–Crippen LogP) is 4.70. The van der Waals surface area contributed by atoms with Crippen LogP contribution in [0.4, 0.5) is 0 Å². The van der Waals surface area contributed by atoms with Gasteiger partial charge in [0.05, 0.1) is 6.54 Å². The van der Waals surface area contributed by atoms with Crippen molar-refractivity contribution in [2.45, 2.75) is 89.9 Å². The van der Waals surface area contributed by atoms with Crippen molar-refractivity contribution in [3.05, 3.63) is 41.5 Å². The van der Waals surface area contributed by atoms with Crippen molar-refractivity contribution < 1.29 is 9.53 Å². The van der Waals surface area contributed by atoms with Crippen LogP contribution in [0.3, 0.4) is 0 Å². The fourth-order valence-corrected chi connectivity index (χ4v) is 4.40. The highest BCUT2D eigenvalue weighted by Gasteiger charge is 2.40. The molecule has 0 aromatic heterocycles. The zero-order chi connectivity index (χ0) is 20.9. The van der Waals surface area contributed by atoms with E-state index in [1.807, 2.05) is 20.8 Å². The van der Waals surface area contributed by atoms with Gasteiger partial charge in [-0.1, -0.05) is 48.9 Å². The Bertz CT molecular complexity index is 685. The Morgan fingerprint density at radius 3 is 2.38 bits per heavy atom. The Hall–Kier alpha value is -1.65. The molecule has 0 bridgehead atoms. The smallest absolute Gasteiger partial charge is 0.320 e. The van der Waals surface area contributed by atoms with E-state index in [9.17, 15) is 4.79 Å². The molecule has 160 valence electrons. The van der Waals surface area contributed by atoms with Crippen LogP contribution in [0.1, 0.15) is 71.8 Å². The van der Waals surface area contributed by atoms with E-state index >= 15 is 0 Å². The summed E-state index contributed by atoms with van der Waals surface area (Å²) < 4.78 is 5.38. The zero-order valence-corrected chi connectivity index (χ0v) is 18.5. The fraction of sp³-hybridized carbons (Fsp3) is 0.640. The van der Waals surface area contributed by atoms with Gasteiger partial charge in [0.25, 0.3) is 0 Å². The number of carbonyl (C=O) groups excluding carboxylic acids is 1. The molecular weight excluding hydrogens is 360 g/mol. The number of hydrogen-bond acceptors (Lipinski definition) is 4. The van der Waals surface area contributed by atoms with Gasteiger partial charge in [-0.3, -0.25) is 4.79 Å². The van der Waals surface area contributed by atoms with E-state index in [0.717, 1.165) is 19.3 Å². The fourth-order valence-electron chi connectivity index (χ4n) is 4.40. The molecule has 1 unspecified atom stereocenters. The molecule has 2 N–H and O–H groups in total. The van der Waals surface area contributed by atoms with Gasteiger partial charge in [-0.2, -0.15) is 0 Å². The van der Waals surface area contributed by atoms with Gasteiger partial charge >= 0.3 is 5.97 Å². The SMILES string of the molecule is CC/C(=C\c1ccccc1)[C@@H]1CC1NC1CCC(NCC(=O)OC(C)(C)C)CC1. The third-order valence-corrected chi connectivity index (χ3v) is 5.96. The molecule has 0 radical (unpaired) electrons. The number of rotatable bonds is 8. The average molecular weight is 399 g/mol. The molecule has 2 aliphatic rings. The summed E-state index contributed by atoms with van der Waals surface area (Å²) >= 11 is 0. The highest BCUT2D eigenvalue weighted by Crippen LogP contribution is 2.40. The standard InChI is InChI=1S/C25H38N2O2/c1-5-19(15-18-9-7-6-8-10-18)22-16-23(22)27-21-13-11-20(12-14-21)26-17-24(28)29-25(2,3)4/h6-10,15,20-23,26-27H,5,11-14,16-17H2,1-4H3/b19-15+/t20?,21?,22-,23?/m0/s1. The third-order valence-electron chi connectivity index (χ3n) is 5.96. The van der Waals surface area contributed by atoms with Crippen LogP contribution >= 0.6 is 0 Å². The van der Waals surface area contributed by atoms with Crippen molar-refractivity contribution in [3.8, 4) is 0 Å². The van der Waals surface area contributed by atoms with E-state index in [1.165, 1.54) is 24.8 Å². The summed E-state index contributed by atoms with van der Waals surface area (Å²) in [6, 6.07) is 12.3. The van der Waals surface area contributed by atoms with E-state index in [0.29, 0.717) is 30.6 Å². The molecule has 3 rings (SSSR count). The average Bonchev–Trinajstić information content (AvgIpc) is 3.44. The first-order valence-corrected chi connectivity index (χ1v) is 11.3. The third kappa shape index (κ3) is 7.27. The molecule has 0 aliphatic heterocycles. The van der Waals surface area contributed by atoms with Crippen LogP contribution in [0.2, 0.25) is 0 Å². The van der Waals surface area contributed by atoms with Crippen molar-refractivity contribution in [2.75, 3.05) is 6.54 Å². The number of carbonyl (C=O) groups is 1. The van der Waals surface area contributed by atoms with Gasteiger partial charge in [0, 0.05) is 18.1 Å². The number of hydrogen-bond donors (Lipinski definition) is 2. The largest absolute Gasteiger partial charge is 0.459 e. The molecule has 1 aromatic rings. The molecule has 1 aromatic carbocycles. The van der Waals surface area contributed by atoms with Crippen LogP contribution in [0.15, 0.2) is 35.9 Å². The first kappa shape index (κ1) is 22.0. The lowest BCUT2D eigenvalue weighted by atomic mass is 9.91. The molecule has 2 fully saturated rings. The van der Waals surface area contributed by atoms with E-state index in [1.54, 1.807) is 5.57 Å². The summed E-state index contributed by atoms with van der Waals surface area (Å²) in [4.78, 5) is 11.9. The van der Waals surface area contributed by atoms with Gasteiger partial charge in [-0.05, 0) is 70.8 Å². The van der Waals surface area contributed by atoms with E-state index in [2.05, 4.69) is 54.0 Å². The van der Waals surface area contributed by atoms with Crippen LogP contribution in [-0.2, 0) is 9.53 Å². The lowest BCUT2D eigenvalue weighted by Gasteiger charge is -2.30. The summed E-state index contributed by atoms with van der Waals surface area (Å²) in [5.41, 5.74) is 2.47. The Balaban J connectivity index is 1.37. The predicted molar refractivity (Wildman–Crippen MR) is 120 cm³/mol. The van der Waals surface area contributed by atoms with Crippen molar-refractivity contribution in [2.24, 2.45) is 5.92 Å². The van der Waals surface area contributed by atoms with Gasteiger partial charge in [0.2, 0.25) is 0 Å². The second-order valence-electron chi connectivity index (χ2n) is 9.61. The number of nitrogens with one attached hydrogen (secondary N) is 2. The van der Waals surface area contributed by atoms with E-state index < -0.39 is 5.60 Å². The highest BCUT2D eigenvalue weighted by atomic mass is 16.6. The second-order valence-corrected chi connectivity index (χ2v) is 9.61. The maximum atomic E-state index is 11.9. The summed E-state index contributed by atoms with van der Waals surface area (Å²) in [6.07, 6.45) is 9.38. The normalized spacial score (nSPS) is 27.5. The van der Waals surface area contributed by atoms with Crippen LogP contribution in [-0.4, -0.2) is 36.2 Å². The van der Waals surface area contributed by atoms with Crippen LogP contribution in [0, 0.1) is 5.92 Å². The molecule has 4 heteroatoms. The molecule has 29 heavy (non-hydrogen) atoms. The first-order valence-electron chi connectivity index (χ1n) is 11.3. The monoisotopic (exact) mass is 398 g/mol. The quantitative estimate of drug-likeness (QED) is 0.623. The van der Waals surface area contributed by atoms with E-state index in [4.69, 9.17) is 4.74 Å². The number of esters is 1. The van der Waals surface area contributed by atoms with Crippen LogP contribution in [0.5, 0.6) is 0 Å². The number of ether oxygens (including phenoxy) is 1. The maximum absolute atomic E-state index is 11.9. The van der Waals surface area contributed by atoms with Crippen molar-refractivity contribution >= 4 is 12.0 Å². The van der Waals surface area contributed by atoms with Crippen molar-refractivity contribution in [3.63, 3.8) is 0 Å².